The Hall–Kier alpha value is -1.74. The maximum absolute atomic E-state index is 5.85. The molecule has 0 spiro atoms. The van der Waals surface area contributed by atoms with Gasteiger partial charge in [-0.05, 0) is 37.6 Å². The topological polar surface area (TPSA) is 40.2 Å². The molecule has 102 valence electrons. The quantitative estimate of drug-likeness (QED) is 0.776. The fraction of sp³-hybridized carbons (Fsp3) is 0.375. The zero-order valence-corrected chi connectivity index (χ0v) is 11.5. The summed E-state index contributed by atoms with van der Waals surface area (Å²) < 4.78 is 7.95. The summed E-state index contributed by atoms with van der Waals surface area (Å²) in [5.74, 6) is 0.936. The lowest BCUT2D eigenvalue weighted by Crippen LogP contribution is -2.20. The average Bonchev–Trinajstić information content (AvgIpc) is 2.82. The number of hydrogen-bond donors (Lipinski definition) is 1. The van der Waals surface area contributed by atoms with Gasteiger partial charge in [-0.3, -0.25) is 0 Å². The predicted molar refractivity (Wildman–Crippen MR) is 78.3 cm³/mol. The molecule has 2 N–H and O–H groups in total. The minimum Gasteiger partial charge on any atom is -0.494 e. The van der Waals surface area contributed by atoms with E-state index >= 15 is 0 Å². The Labute approximate surface area is 115 Å². The number of rotatable bonds is 7. The van der Waals surface area contributed by atoms with Crippen molar-refractivity contribution in [3.63, 3.8) is 0 Å². The summed E-state index contributed by atoms with van der Waals surface area (Å²) in [5, 5.41) is 0. The summed E-state index contributed by atoms with van der Waals surface area (Å²) in [7, 11) is 0. The van der Waals surface area contributed by atoms with Crippen LogP contribution in [0.15, 0.2) is 48.7 Å². The normalized spacial score (nSPS) is 12.3. The molecule has 0 saturated heterocycles. The average molecular weight is 258 g/mol. The molecular formula is C16H22N2O. The van der Waals surface area contributed by atoms with Crippen molar-refractivity contribution in [1.82, 2.24) is 4.57 Å². The molecule has 1 aromatic carbocycles. The molecule has 3 heteroatoms. The van der Waals surface area contributed by atoms with Gasteiger partial charge < -0.3 is 15.0 Å². The zero-order valence-electron chi connectivity index (χ0n) is 11.5. The lowest BCUT2D eigenvalue weighted by atomic mass is 10.2. The van der Waals surface area contributed by atoms with Crippen molar-refractivity contribution in [2.45, 2.75) is 32.4 Å². The number of aryl methyl sites for hydroxylation is 1. The monoisotopic (exact) mass is 258 g/mol. The van der Waals surface area contributed by atoms with Gasteiger partial charge in [-0.2, -0.15) is 0 Å². The molecule has 0 amide bonds. The lowest BCUT2D eigenvalue weighted by molar-refractivity contribution is 0.301. The number of nitrogens with zero attached hydrogens (tertiary/aromatic N) is 1. The summed E-state index contributed by atoms with van der Waals surface area (Å²) in [5.41, 5.74) is 7.15. The standard InChI is InChI=1S/C16H22N2O/c1-14(17)13-15-7-5-10-18(15)11-6-12-19-16-8-3-2-4-9-16/h2-5,7-10,14H,6,11-13,17H2,1H3. The van der Waals surface area contributed by atoms with Gasteiger partial charge in [-0.1, -0.05) is 18.2 Å². The maximum Gasteiger partial charge on any atom is 0.119 e. The van der Waals surface area contributed by atoms with Crippen LogP contribution in [0.4, 0.5) is 0 Å². The first-order valence-corrected chi connectivity index (χ1v) is 6.83. The van der Waals surface area contributed by atoms with E-state index in [0.29, 0.717) is 0 Å². The third-order valence-electron chi connectivity index (χ3n) is 3.01. The van der Waals surface area contributed by atoms with E-state index in [1.165, 1.54) is 5.69 Å². The van der Waals surface area contributed by atoms with Crippen LogP contribution in [0.25, 0.3) is 0 Å². The van der Waals surface area contributed by atoms with Gasteiger partial charge in [-0.15, -0.1) is 0 Å². The Bertz CT molecular complexity index is 477. The molecule has 1 aromatic heterocycles. The van der Waals surface area contributed by atoms with Crippen molar-refractivity contribution in [2.75, 3.05) is 6.61 Å². The predicted octanol–water partition coefficient (Wildman–Crippen LogP) is 2.85. The van der Waals surface area contributed by atoms with E-state index in [-0.39, 0.29) is 6.04 Å². The maximum atomic E-state index is 5.85. The van der Waals surface area contributed by atoms with Crippen molar-refractivity contribution in [2.24, 2.45) is 5.73 Å². The summed E-state index contributed by atoms with van der Waals surface area (Å²) >= 11 is 0. The number of benzene rings is 1. The number of hydrogen-bond acceptors (Lipinski definition) is 2. The van der Waals surface area contributed by atoms with Gasteiger partial charge in [-0.25, -0.2) is 0 Å². The minimum atomic E-state index is 0.203. The molecule has 2 rings (SSSR count). The molecule has 0 aliphatic heterocycles. The van der Waals surface area contributed by atoms with Crippen molar-refractivity contribution in [3.05, 3.63) is 54.4 Å². The second-order valence-electron chi connectivity index (χ2n) is 4.89. The second-order valence-corrected chi connectivity index (χ2v) is 4.89. The summed E-state index contributed by atoms with van der Waals surface area (Å²) in [4.78, 5) is 0. The van der Waals surface area contributed by atoms with E-state index in [4.69, 9.17) is 10.5 Å². The van der Waals surface area contributed by atoms with Crippen molar-refractivity contribution >= 4 is 0 Å². The Kier molecular flexibility index (Phi) is 5.04. The van der Waals surface area contributed by atoms with Crippen molar-refractivity contribution in [1.29, 1.82) is 0 Å². The van der Waals surface area contributed by atoms with E-state index in [1.807, 2.05) is 37.3 Å². The number of aromatic nitrogens is 1. The van der Waals surface area contributed by atoms with Crippen LogP contribution in [0.1, 0.15) is 19.0 Å². The van der Waals surface area contributed by atoms with E-state index in [9.17, 15) is 0 Å². The van der Waals surface area contributed by atoms with Crippen LogP contribution in [-0.4, -0.2) is 17.2 Å². The van der Waals surface area contributed by atoms with Gasteiger partial charge in [0, 0.05) is 30.9 Å². The second kappa shape index (κ2) is 7.00. The number of para-hydroxylation sites is 1. The van der Waals surface area contributed by atoms with E-state index in [2.05, 4.69) is 22.9 Å². The third kappa shape index (κ3) is 4.45. The van der Waals surface area contributed by atoms with Crippen LogP contribution in [0.5, 0.6) is 5.75 Å². The number of ether oxygens (including phenoxy) is 1. The highest BCUT2D eigenvalue weighted by molar-refractivity contribution is 5.20. The molecule has 2 aromatic rings. The van der Waals surface area contributed by atoms with Crippen LogP contribution in [0, 0.1) is 0 Å². The molecular weight excluding hydrogens is 236 g/mol. The van der Waals surface area contributed by atoms with Gasteiger partial charge >= 0.3 is 0 Å². The molecule has 0 radical (unpaired) electrons. The summed E-state index contributed by atoms with van der Waals surface area (Å²) in [6.45, 7) is 3.75. The minimum absolute atomic E-state index is 0.203. The largest absolute Gasteiger partial charge is 0.494 e. The molecule has 1 unspecified atom stereocenters. The smallest absolute Gasteiger partial charge is 0.119 e. The molecule has 0 fully saturated rings. The van der Waals surface area contributed by atoms with Gasteiger partial charge in [0.05, 0.1) is 6.61 Å². The molecule has 19 heavy (non-hydrogen) atoms. The van der Waals surface area contributed by atoms with Crippen LogP contribution >= 0.6 is 0 Å². The first-order valence-electron chi connectivity index (χ1n) is 6.83. The molecule has 0 bridgehead atoms. The molecule has 3 nitrogen and oxygen atoms in total. The van der Waals surface area contributed by atoms with Gasteiger partial charge in [0.2, 0.25) is 0 Å². The van der Waals surface area contributed by atoms with E-state index < -0.39 is 0 Å². The SMILES string of the molecule is CC(N)Cc1cccn1CCCOc1ccccc1. The van der Waals surface area contributed by atoms with Crippen LogP contribution in [0.2, 0.25) is 0 Å². The van der Waals surface area contributed by atoms with Gasteiger partial charge in [0.25, 0.3) is 0 Å². The van der Waals surface area contributed by atoms with Crippen molar-refractivity contribution in [3.8, 4) is 5.75 Å². The Morgan fingerprint density at radius 3 is 2.68 bits per heavy atom. The fourth-order valence-corrected chi connectivity index (χ4v) is 2.12. The fourth-order valence-electron chi connectivity index (χ4n) is 2.12. The van der Waals surface area contributed by atoms with Crippen LogP contribution in [0.3, 0.4) is 0 Å². The summed E-state index contributed by atoms with van der Waals surface area (Å²) in [6, 6.07) is 14.4. The molecule has 0 aliphatic carbocycles. The first kappa shape index (κ1) is 13.7. The molecule has 1 heterocycles. The zero-order chi connectivity index (χ0) is 13.5. The van der Waals surface area contributed by atoms with E-state index in [1.54, 1.807) is 0 Å². The summed E-state index contributed by atoms with van der Waals surface area (Å²) in [6.07, 6.45) is 4.03. The van der Waals surface area contributed by atoms with Gasteiger partial charge in [0.15, 0.2) is 0 Å². The Morgan fingerprint density at radius 1 is 1.16 bits per heavy atom. The van der Waals surface area contributed by atoms with Crippen LogP contribution < -0.4 is 10.5 Å². The Balaban J connectivity index is 1.75. The molecule has 1 atom stereocenters. The highest BCUT2D eigenvalue weighted by atomic mass is 16.5. The lowest BCUT2D eigenvalue weighted by Gasteiger charge is -2.11. The van der Waals surface area contributed by atoms with Crippen LogP contribution in [-0.2, 0) is 13.0 Å². The van der Waals surface area contributed by atoms with Gasteiger partial charge in [0.1, 0.15) is 5.75 Å². The molecule has 0 aliphatic rings. The number of nitrogens with two attached hydrogens (primary N) is 1. The van der Waals surface area contributed by atoms with E-state index in [0.717, 1.165) is 31.7 Å². The third-order valence-corrected chi connectivity index (χ3v) is 3.01. The highest BCUT2D eigenvalue weighted by Crippen LogP contribution is 2.10. The Morgan fingerprint density at radius 2 is 1.95 bits per heavy atom. The highest BCUT2D eigenvalue weighted by Gasteiger charge is 2.03. The first-order chi connectivity index (χ1) is 9.25. The van der Waals surface area contributed by atoms with Crippen molar-refractivity contribution < 1.29 is 4.74 Å². The molecule has 0 saturated carbocycles.